The summed E-state index contributed by atoms with van der Waals surface area (Å²) in [5.41, 5.74) is 12.1. The molecule has 0 unspecified atom stereocenters. The normalized spacial score (nSPS) is 9.42. The van der Waals surface area contributed by atoms with Crippen molar-refractivity contribution in [2.75, 3.05) is 18.6 Å². The molecule has 0 spiro atoms. The summed E-state index contributed by atoms with van der Waals surface area (Å²) in [4.78, 5) is 11.0. The Bertz CT molecular complexity index is 310. The molecule has 1 rings (SSSR count). The lowest BCUT2D eigenvalue weighted by Gasteiger charge is -2.03. The number of esters is 1. The van der Waals surface area contributed by atoms with E-state index in [0.717, 1.165) is 0 Å². The van der Waals surface area contributed by atoms with E-state index in [-0.39, 0.29) is 0 Å². The van der Waals surface area contributed by atoms with E-state index >= 15 is 0 Å². The van der Waals surface area contributed by atoms with Crippen LogP contribution in [0.25, 0.3) is 0 Å². The van der Waals surface area contributed by atoms with Gasteiger partial charge in [-0.2, -0.15) is 0 Å². The summed E-state index contributed by atoms with van der Waals surface area (Å²) >= 11 is 0. The minimum Gasteiger partial charge on any atom is -0.465 e. The largest absolute Gasteiger partial charge is 0.465 e. The van der Waals surface area contributed by atoms with Gasteiger partial charge < -0.3 is 16.2 Å². The first-order valence-corrected chi connectivity index (χ1v) is 3.38. The van der Waals surface area contributed by atoms with Crippen molar-refractivity contribution in [2.45, 2.75) is 0 Å². The van der Waals surface area contributed by atoms with Gasteiger partial charge in [0.1, 0.15) is 0 Å². The predicted octanol–water partition coefficient (Wildman–Crippen LogP) is 0.638. The summed E-state index contributed by atoms with van der Waals surface area (Å²) < 4.78 is 4.50. The molecule has 0 amide bonds. The quantitative estimate of drug-likeness (QED) is 0.474. The van der Waals surface area contributed by atoms with Gasteiger partial charge in [-0.05, 0) is 18.2 Å². The smallest absolute Gasteiger partial charge is 0.340 e. The van der Waals surface area contributed by atoms with E-state index in [1.54, 1.807) is 12.1 Å². The Morgan fingerprint density at radius 2 is 2.08 bits per heavy atom. The second-order valence-corrected chi connectivity index (χ2v) is 2.34. The van der Waals surface area contributed by atoms with Crippen LogP contribution in [0.2, 0.25) is 0 Å². The highest BCUT2D eigenvalue weighted by molar-refractivity contribution is 5.95. The molecule has 1 aromatic rings. The fourth-order valence-electron chi connectivity index (χ4n) is 0.861. The van der Waals surface area contributed by atoms with Crippen molar-refractivity contribution >= 4 is 17.3 Å². The number of nitrogen functional groups attached to an aromatic ring is 2. The first kappa shape index (κ1) is 8.39. The lowest BCUT2D eigenvalue weighted by molar-refractivity contribution is 0.0602. The van der Waals surface area contributed by atoms with Crippen LogP contribution in [-0.2, 0) is 4.74 Å². The minimum atomic E-state index is -0.472. The number of hydrogen-bond donors (Lipinski definition) is 2. The molecule has 0 saturated carbocycles. The van der Waals surface area contributed by atoms with E-state index in [9.17, 15) is 4.79 Å². The Balaban J connectivity index is 3.13. The topological polar surface area (TPSA) is 78.3 Å². The summed E-state index contributed by atoms with van der Waals surface area (Å²) in [7, 11) is 1.30. The molecule has 0 heterocycles. The van der Waals surface area contributed by atoms with Crippen LogP contribution in [0.15, 0.2) is 18.2 Å². The van der Waals surface area contributed by atoms with Crippen molar-refractivity contribution in [1.82, 2.24) is 0 Å². The number of methoxy groups -OCH3 is 1. The molecular weight excluding hydrogens is 156 g/mol. The van der Waals surface area contributed by atoms with Gasteiger partial charge in [0.25, 0.3) is 0 Å². The first-order chi connectivity index (χ1) is 5.65. The number of nitrogens with two attached hydrogens (primary N) is 2. The lowest BCUT2D eigenvalue weighted by atomic mass is 10.1. The highest BCUT2D eigenvalue weighted by atomic mass is 16.5. The molecule has 64 valence electrons. The molecule has 0 aromatic heterocycles. The number of carbonyl (C=O) groups excluding carboxylic acids is 1. The SMILES string of the molecule is COC(=O)c1cc(N)ccc1N. The zero-order chi connectivity index (χ0) is 9.14. The van der Waals surface area contributed by atoms with Crippen molar-refractivity contribution in [3.8, 4) is 0 Å². The highest BCUT2D eigenvalue weighted by Gasteiger charge is 2.08. The van der Waals surface area contributed by atoms with E-state index < -0.39 is 5.97 Å². The van der Waals surface area contributed by atoms with Crippen molar-refractivity contribution in [1.29, 1.82) is 0 Å². The van der Waals surface area contributed by atoms with Gasteiger partial charge >= 0.3 is 5.97 Å². The van der Waals surface area contributed by atoms with Gasteiger partial charge in [-0.3, -0.25) is 0 Å². The summed E-state index contributed by atoms with van der Waals surface area (Å²) in [5, 5.41) is 0. The number of anilines is 2. The third-order valence-corrected chi connectivity index (χ3v) is 1.48. The van der Waals surface area contributed by atoms with Gasteiger partial charge in [-0.1, -0.05) is 0 Å². The van der Waals surface area contributed by atoms with Gasteiger partial charge in [0.05, 0.1) is 12.7 Å². The number of carbonyl (C=O) groups is 1. The van der Waals surface area contributed by atoms with Gasteiger partial charge in [0.15, 0.2) is 0 Å². The zero-order valence-electron chi connectivity index (χ0n) is 6.70. The Morgan fingerprint density at radius 3 is 2.67 bits per heavy atom. The summed E-state index contributed by atoms with van der Waals surface area (Å²) in [6, 6.07) is 4.69. The monoisotopic (exact) mass is 166 g/mol. The fraction of sp³-hybridized carbons (Fsp3) is 0.125. The average Bonchev–Trinajstić information content (AvgIpc) is 2.08. The molecule has 4 heteroatoms. The van der Waals surface area contributed by atoms with Crippen LogP contribution in [0.3, 0.4) is 0 Å². The van der Waals surface area contributed by atoms with Crippen molar-refractivity contribution in [2.24, 2.45) is 0 Å². The average molecular weight is 166 g/mol. The molecule has 0 aliphatic heterocycles. The number of benzene rings is 1. The van der Waals surface area contributed by atoms with Crippen LogP contribution >= 0.6 is 0 Å². The molecule has 0 aliphatic rings. The maximum atomic E-state index is 11.0. The molecule has 0 aliphatic carbocycles. The Morgan fingerprint density at radius 1 is 1.42 bits per heavy atom. The number of rotatable bonds is 1. The summed E-state index contributed by atoms with van der Waals surface area (Å²) in [6.45, 7) is 0. The Labute approximate surface area is 70.1 Å². The maximum Gasteiger partial charge on any atom is 0.340 e. The molecule has 1 aromatic carbocycles. The van der Waals surface area contributed by atoms with Crippen LogP contribution < -0.4 is 11.5 Å². The van der Waals surface area contributed by atoms with Crippen LogP contribution in [0, 0.1) is 0 Å². The third kappa shape index (κ3) is 1.47. The number of ether oxygens (including phenoxy) is 1. The molecule has 12 heavy (non-hydrogen) atoms. The first-order valence-electron chi connectivity index (χ1n) is 3.38. The van der Waals surface area contributed by atoms with E-state index in [0.29, 0.717) is 16.9 Å². The predicted molar refractivity (Wildman–Crippen MR) is 46.6 cm³/mol. The fourth-order valence-corrected chi connectivity index (χ4v) is 0.861. The lowest BCUT2D eigenvalue weighted by Crippen LogP contribution is -2.06. The van der Waals surface area contributed by atoms with Gasteiger partial charge in [0, 0.05) is 11.4 Å². The molecule has 0 fully saturated rings. The van der Waals surface area contributed by atoms with Crippen LogP contribution in [-0.4, -0.2) is 13.1 Å². The van der Waals surface area contributed by atoms with Gasteiger partial charge in [-0.15, -0.1) is 0 Å². The van der Waals surface area contributed by atoms with E-state index in [1.165, 1.54) is 13.2 Å². The van der Waals surface area contributed by atoms with Crippen LogP contribution in [0.4, 0.5) is 11.4 Å². The van der Waals surface area contributed by atoms with Gasteiger partial charge in [0.2, 0.25) is 0 Å². The molecule has 0 atom stereocenters. The summed E-state index contributed by atoms with van der Waals surface area (Å²) in [6.07, 6.45) is 0. The van der Waals surface area contributed by atoms with E-state index in [1.807, 2.05) is 0 Å². The highest BCUT2D eigenvalue weighted by Crippen LogP contribution is 2.15. The maximum absolute atomic E-state index is 11.0. The third-order valence-electron chi connectivity index (χ3n) is 1.48. The van der Waals surface area contributed by atoms with Crippen LogP contribution in [0.5, 0.6) is 0 Å². The molecule has 0 radical (unpaired) electrons. The van der Waals surface area contributed by atoms with E-state index in [2.05, 4.69) is 4.74 Å². The molecule has 0 bridgehead atoms. The Kier molecular flexibility index (Phi) is 2.19. The minimum absolute atomic E-state index is 0.303. The Hall–Kier alpha value is -1.71. The van der Waals surface area contributed by atoms with Gasteiger partial charge in [-0.25, -0.2) is 4.79 Å². The summed E-state index contributed by atoms with van der Waals surface area (Å²) in [5.74, 6) is -0.472. The van der Waals surface area contributed by atoms with Crippen LogP contribution in [0.1, 0.15) is 10.4 Å². The second kappa shape index (κ2) is 3.13. The molecule has 4 N–H and O–H groups in total. The molecule has 0 saturated heterocycles. The molecular formula is C8H10N2O2. The number of hydrogen-bond acceptors (Lipinski definition) is 4. The standard InChI is InChI=1S/C8H10N2O2/c1-12-8(11)6-4-5(9)2-3-7(6)10/h2-4H,9-10H2,1H3. The molecule has 4 nitrogen and oxygen atoms in total. The van der Waals surface area contributed by atoms with Crippen molar-refractivity contribution < 1.29 is 9.53 Å². The second-order valence-electron chi connectivity index (χ2n) is 2.34. The van der Waals surface area contributed by atoms with E-state index in [4.69, 9.17) is 11.5 Å². The zero-order valence-corrected chi connectivity index (χ0v) is 6.70. The van der Waals surface area contributed by atoms with Crippen molar-refractivity contribution in [3.05, 3.63) is 23.8 Å². The van der Waals surface area contributed by atoms with Crippen molar-refractivity contribution in [3.63, 3.8) is 0 Å².